The average molecular weight is 452 g/mol. The molecule has 0 fully saturated rings. The Hall–Kier alpha value is -1.52. The number of hydrogen-bond acceptors (Lipinski definition) is 3. The van der Waals surface area contributed by atoms with Gasteiger partial charge in [0.05, 0.1) is 28.2 Å². The molecule has 0 aliphatic carbocycles. The molecule has 0 N–H and O–H groups in total. The molecule has 2 rings (SSSR count). The summed E-state index contributed by atoms with van der Waals surface area (Å²) in [6, 6.07) is 8.34. The number of fused-ring (bicyclic) bond motifs is 1. The summed E-state index contributed by atoms with van der Waals surface area (Å²) < 4.78 is 61.1. The molecule has 0 unspecified atom stereocenters. The zero-order chi connectivity index (χ0) is 18.8. The molecule has 0 aliphatic rings. The molecule has 2 aromatic rings. The Bertz CT molecular complexity index is 756. The quantitative estimate of drug-likeness (QED) is 0.213. The molecule has 6 nitrogen and oxygen atoms in total. The number of halogens is 8. The van der Waals surface area contributed by atoms with E-state index in [0.29, 0.717) is 6.02 Å². The minimum Gasteiger partial charge on any atom is -1.00 e. The first kappa shape index (κ1) is 26.7. The standard InChI is InChI=1S/C11H16N5O.2ClH.F6P/c1-14(2)11(15(3)4)17-16-10-8-6-5-7-9(10)12-13-16;;;1-7(2,3,4,5)6/h5-8H,1-4H3;2*1H;/q+1;;;-1. The average Bonchev–Trinajstić information content (AvgIpc) is 2.74. The smallest absolute Gasteiger partial charge is 1.00 e. The van der Waals surface area contributed by atoms with Gasteiger partial charge in [-0.25, -0.2) is 9.48 Å². The predicted octanol–water partition coefficient (Wildman–Crippen LogP) is 0.970. The van der Waals surface area contributed by atoms with Crippen molar-refractivity contribution < 1.29 is 48.4 Å². The first-order valence-electron chi connectivity index (χ1n) is 6.31. The minimum absolute atomic E-state index is 0. The van der Waals surface area contributed by atoms with Gasteiger partial charge in [-0.2, -0.15) is 0 Å². The van der Waals surface area contributed by atoms with E-state index in [0.717, 1.165) is 11.0 Å². The molecule has 26 heavy (non-hydrogen) atoms. The van der Waals surface area contributed by atoms with Gasteiger partial charge < -0.3 is 12.4 Å². The predicted molar refractivity (Wildman–Crippen MR) is 86.8 cm³/mol. The zero-order valence-corrected chi connectivity index (χ0v) is 16.4. The molecule has 0 atom stereocenters. The van der Waals surface area contributed by atoms with Crippen LogP contribution in [0.25, 0.3) is 11.0 Å². The SMILES string of the molecule is CN(C)C(On1nnc2ccccc21)=[N+](C)C.Cl.F[P-](F)(F)(F)(F)F.[Cl-].[H+]. The van der Waals surface area contributed by atoms with Crippen molar-refractivity contribution in [1.29, 1.82) is 0 Å². The van der Waals surface area contributed by atoms with Gasteiger partial charge in [-0.3, -0.25) is 4.84 Å². The number of benzene rings is 1. The third-order valence-electron chi connectivity index (χ3n) is 2.25. The summed E-state index contributed by atoms with van der Waals surface area (Å²) in [7, 11) is -3.01. The molecule has 0 amide bonds. The molecule has 0 spiro atoms. The van der Waals surface area contributed by atoms with Crippen LogP contribution in [0.15, 0.2) is 24.3 Å². The van der Waals surface area contributed by atoms with Crippen molar-refractivity contribution in [2.45, 2.75) is 0 Å². The summed E-state index contributed by atoms with van der Waals surface area (Å²) in [5, 5.41) is 8.00. The molecule has 15 heteroatoms. The molecule has 1 aromatic carbocycles. The fraction of sp³-hybridized carbons (Fsp3) is 0.364. The van der Waals surface area contributed by atoms with Crippen LogP contribution in [0.4, 0.5) is 25.2 Å². The van der Waals surface area contributed by atoms with Crippen LogP contribution in [0.1, 0.15) is 1.43 Å². The number of nitrogens with zero attached hydrogens (tertiary/aromatic N) is 5. The zero-order valence-electron chi connectivity index (χ0n) is 15.0. The number of hydrogen-bond donors (Lipinski definition) is 0. The fourth-order valence-electron chi connectivity index (χ4n) is 1.56. The van der Waals surface area contributed by atoms with Crippen molar-refractivity contribution in [1.82, 2.24) is 20.1 Å². The molecule has 1 aromatic heterocycles. The van der Waals surface area contributed by atoms with Crippen molar-refractivity contribution in [3.63, 3.8) is 0 Å². The van der Waals surface area contributed by atoms with E-state index in [2.05, 4.69) is 10.3 Å². The monoisotopic (exact) mass is 451 g/mol. The minimum atomic E-state index is -10.7. The van der Waals surface area contributed by atoms with Crippen molar-refractivity contribution in [3.8, 4) is 0 Å². The molecule has 154 valence electrons. The van der Waals surface area contributed by atoms with Gasteiger partial charge in [0, 0.05) is 0 Å². The van der Waals surface area contributed by atoms with Crippen LogP contribution in [0.2, 0.25) is 0 Å². The topological polar surface area (TPSA) is 46.2 Å². The van der Waals surface area contributed by atoms with Gasteiger partial charge in [-0.05, 0) is 17.3 Å². The summed E-state index contributed by atoms with van der Waals surface area (Å²) in [4.78, 5) is 8.99. The van der Waals surface area contributed by atoms with E-state index in [1.165, 1.54) is 4.85 Å². The Balaban J connectivity index is -0.000000504. The summed E-state index contributed by atoms with van der Waals surface area (Å²) in [5.41, 5.74) is 1.65. The summed E-state index contributed by atoms with van der Waals surface area (Å²) in [6.45, 7) is 0. The van der Waals surface area contributed by atoms with Gasteiger partial charge in [-0.15, -0.1) is 17.5 Å². The molecule has 0 bridgehead atoms. The Morgan fingerprint density at radius 1 is 1.12 bits per heavy atom. The Kier molecular flexibility index (Phi) is 8.23. The van der Waals surface area contributed by atoms with Crippen molar-refractivity contribution >= 4 is 37.3 Å². The maximum absolute atomic E-state index is 10.7. The van der Waals surface area contributed by atoms with E-state index in [-0.39, 0.29) is 26.2 Å². The maximum atomic E-state index is 9.87. The second-order valence-electron chi connectivity index (χ2n) is 5.07. The van der Waals surface area contributed by atoms with Gasteiger partial charge in [0.25, 0.3) is 0 Å². The van der Waals surface area contributed by atoms with E-state index >= 15 is 0 Å². The van der Waals surface area contributed by atoms with Gasteiger partial charge in [0.1, 0.15) is 11.0 Å². The van der Waals surface area contributed by atoms with E-state index in [1.807, 2.05) is 61.9 Å². The van der Waals surface area contributed by atoms with E-state index in [9.17, 15) is 25.2 Å². The van der Waals surface area contributed by atoms with Crippen molar-refractivity contribution in [2.24, 2.45) is 0 Å². The van der Waals surface area contributed by atoms with Crippen LogP contribution in [-0.2, 0) is 0 Å². The van der Waals surface area contributed by atoms with Crippen LogP contribution in [0.5, 0.6) is 0 Å². The van der Waals surface area contributed by atoms with Crippen molar-refractivity contribution in [2.75, 3.05) is 28.2 Å². The van der Waals surface area contributed by atoms with Crippen LogP contribution in [0, 0.1) is 0 Å². The molecular weight excluding hydrogens is 434 g/mol. The van der Waals surface area contributed by atoms with Gasteiger partial charge in [0.15, 0.2) is 0 Å². The number of para-hydroxylation sites is 1. The molecule has 0 aliphatic heterocycles. The summed E-state index contributed by atoms with van der Waals surface area (Å²) >= 11 is 0. The summed E-state index contributed by atoms with van der Waals surface area (Å²) in [5.74, 6) is 0. The maximum Gasteiger partial charge on any atom is 1.00 e. The largest absolute Gasteiger partial charge is 1.00 e. The van der Waals surface area contributed by atoms with Crippen molar-refractivity contribution in [3.05, 3.63) is 24.3 Å². The first-order valence-corrected chi connectivity index (χ1v) is 8.34. The first-order chi connectivity index (χ1) is 10.5. The second-order valence-corrected chi connectivity index (χ2v) is 6.99. The number of aromatic nitrogens is 3. The normalized spacial score (nSPS) is 13.0. The molecular formula is C11H18Cl2F6N5OP. The van der Waals surface area contributed by atoms with E-state index in [1.54, 1.807) is 0 Å². The Morgan fingerprint density at radius 3 is 2.00 bits per heavy atom. The van der Waals surface area contributed by atoms with Crippen LogP contribution < -0.4 is 17.2 Å². The fourth-order valence-corrected chi connectivity index (χ4v) is 1.56. The van der Waals surface area contributed by atoms with Crippen LogP contribution in [-0.4, -0.2) is 58.8 Å². The Morgan fingerprint density at radius 2 is 1.58 bits per heavy atom. The molecule has 0 saturated carbocycles. The van der Waals surface area contributed by atoms with E-state index < -0.39 is 7.81 Å². The van der Waals surface area contributed by atoms with Gasteiger partial charge in [-0.1, -0.05) is 17.0 Å². The Labute approximate surface area is 158 Å². The molecule has 0 saturated heterocycles. The molecule has 0 radical (unpaired) electrons. The van der Waals surface area contributed by atoms with E-state index in [4.69, 9.17) is 4.84 Å². The second kappa shape index (κ2) is 8.01. The van der Waals surface area contributed by atoms with Crippen LogP contribution >= 0.6 is 20.2 Å². The number of amidine groups is 1. The number of rotatable bonds is 1. The third-order valence-corrected chi connectivity index (χ3v) is 2.25. The van der Waals surface area contributed by atoms with Crippen LogP contribution in [0.3, 0.4) is 0 Å². The van der Waals surface area contributed by atoms with Gasteiger partial charge in [0.2, 0.25) is 0 Å². The summed E-state index contributed by atoms with van der Waals surface area (Å²) in [6.07, 6.45) is 0. The molecule has 1 heterocycles. The van der Waals surface area contributed by atoms with Gasteiger partial charge >= 0.3 is 40.4 Å². The third kappa shape index (κ3) is 11.2.